The van der Waals surface area contributed by atoms with Crippen molar-refractivity contribution in [2.45, 2.75) is 33.1 Å². The fourth-order valence-corrected chi connectivity index (χ4v) is 4.92. The number of hydrogen-bond donors (Lipinski definition) is 1. The molecular weight excluding hydrogens is 436 g/mol. The molecule has 1 amide bonds. The van der Waals surface area contributed by atoms with Crippen LogP contribution in [0.15, 0.2) is 30.5 Å². The van der Waals surface area contributed by atoms with Gasteiger partial charge in [-0.15, -0.1) is 0 Å². The fourth-order valence-electron chi connectivity index (χ4n) is 4.76. The van der Waals surface area contributed by atoms with Gasteiger partial charge >= 0.3 is 0 Å². The molecule has 0 unspecified atom stereocenters. The smallest absolute Gasteiger partial charge is 0.225 e. The summed E-state index contributed by atoms with van der Waals surface area (Å²) in [5.74, 6) is 0.903. The van der Waals surface area contributed by atoms with E-state index in [1.165, 1.54) is 11.3 Å². The number of nitrogens with zero attached hydrogens (tertiary/aromatic N) is 5. The van der Waals surface area contributed by atoms with Crippen molar-refractivity contribution in [2.75, 3.05) is 62.2 Å². The minimum Gasteiger partial charge on any atom is -0.369 e. The summed E-state index contributed by atoms with van der Waals surface area (Å²) < 4.78 is 0. The number of amides is 1. The number of aryl methyl sites for hydroxylation is 2. The lowest BCUT2D eigenvalue weighted by Crippen LogP contribution is -2.47. The molecule has 33 heavy (non-hydrogen) atoms. The second-order valence-electron chi connectivity index (χ2n) is 9.19. The monoisotopic (exact) mass is 470 g/mol. The molecule has 2 aliphatic rings. The van der Waals surface area contributed by atoms with Gasteiger partial charge < -0.3 is 15.1 Å². The summed E-state index contributed by atoms with van der Waals surface area (Å²) >= 11 is 6.20. The number of piperazine rings is 1. The number of piperidine rings is 1. The maximum Gasteiger partial charge on any atom is 0.225 e. The summed E-state index contributed by atoms with van der Waals surface area (Å²) in [4.78, 5) is 28.7. The Morgan fingerprint density at radius 2 is 1.94 bits per heavy atom. The number of aromatic nitrogens is 2. The van der Waals surface area contributed by atoms with Gasteiger partial charge in [0.25, 0.3) is 0 Å². The van der Waals surface area contributed by atoms with E-state index in [-0.39, 0.29) is 11.8 Å². The molecule has 2 saturated heterocycles. The molecule has 2 aromatic rings. The summed E-state index contributed by atoms with van der Waals surface area (Å²) in [5, 5.41) is 3.96. The van der Waals surface area contributed by atoms with Crippen LogP contribution in [0, 0.1) is 19.8 Å². The third-order valence-electron chi connectivity index (χ3n) is 6.69. The molecule has 2 fully saturated rings. The number of anilines is 2. The molecule has 0 radical (unpaired) electrons. The van der Waals surface area contributed by atoms with Crippen LogP contribution in [0.1, 0.15) is 30.5 Å². The Hall–Kier alpha value is -2.38. The van der Waals surface area contributed by atoms with E-state index in [0.717, 1.165) is 81.7 Å². The number of hydrogen-bond acceptors (Lipinski definition) is 6. The first kappa shape index (κ1) is 23.8. The molecule has 0 bridgehead atoms. The third kappa shape index (κ3) is 6.36. The Balaban J connectivity index is 1.16. The van der Waals surface area contributed by atoms with Gasteiger partial charge in [-0.3, -0.25) is 9.69 Å². The zero-order valence-corrected chi connectivity index (χ0v) is 20.5. The predicted octanol–water partition coefficient (Wildman–Crippen LogP) is 3.29. The highest BCUT2D eigenvalue weighted by atomic mass is 35.5. The summed E-state index contributed by atoms with van der Waals surface area (Å²) in [5.41, 5.74) is 3.47. The van der Waals surface area contributed by atoms with Crippen LogP contribution in [0.5, 0.6) is 0 Å². The largest absolute Gasteiger partial charge is 0.369 e. The molecule has 1 atom stereocenters. The van der Waals surface area contributed by atoms with Gasteiger partial charge in [0.1, 0.15) is 0 Å². The Morgan fingerprint density at radius 3 is 2.73 bits per heavy atom. The number of benzene rings is 1. The maximum absolute atomic E-state index is 12.7. The van der Waals surface area contributed by atoms with E-state index >= 15 is 0 Å². The molecule has 1 N–H and O–H groups in total. The van der Waals surface area contributed by atoms with Gasteiger partial charge in [0.15, 0.2) is 0 Å². The van der Waals surface area contributed by atoms with E-state index in [4.69, 9.17) is 11.6 Å². The van der Waals surface area contributed by atoms with Gasteiger partial charge in [-0.05, 0) is 63.4 Å². The van der Waals surface area contributed by atoms with Crippen molar-refractivity contribution in [1.82, 2.24) is 20.2 Å². The Bertz CT molecular complexity index is 946. The van der Waals surface area contributed by atoms with E-state index in [0.29, 0.717) is 6.54 Å². The molecule has 0 spiro atoms. The minimum atomic E-state index is 0.00680. The standard InChI is InChI=1S/C25H35ClN6O/c1-19-6-7-22(26)17-23(19)31-15-13-30(14-16-31)11-4-9-27-24(33)21-5-3-12-32(18-21)25-28-10-8-20(2)29-25/h6-8,10,17,21H,3-5,9,11-16,18H2,1-2H3,(H,27,33)/t21-/m0/s1. The first-order chi connectivity index (χ1) is 16.0. The first-order valence-electron chi connectivity index (χ1n) is 12.1. The molecule has 1 aromatic carbocycles. The maximum atomic E-state index is 12.7. The zero-order chi connectivity index (χ0) is 23.2. The number of carbonyl (C=O) groups excluding carboxylic acids is 1. The van der Waals surface area contributed by atoms with Gasteiger partial charge in [-0.25, -0.2) is 9.97 Å². The van der Waals surface area contributed by atoms with Gasteiger partial charge in [0.2, 0.25) is 11.9 Å². The predicted molar refractivity (Wildman–Crippen MR) is 134 cm³/mol. The lowest BCUT2D eigenvalue weighted by Gasteiger charge is -2.37. The van der Waals surface area contributed by atoms with E-state index < -0.39 is 0 Å². The highest BCUT2D eigenvalue weighted by Crippen LogP contribution is 2.25. The highest BCUT2D eigenvalue weighted by molar-refractivity contribution is 6.30. The van der Waals surface area contributed by atoms with Crippen molar-refractivity contribution >= 4 is 29.1 Å². The van der Waals surface area contributed by atoms with Crippen LogP contribution in [0.2, 0.25) is 5.02 Å². The van der Waals surface area contributed by atoms with Crippen LogP contribution in [0.25, 0.3) is 0 Å². The van der Waals surface area contributed by atoms with Crippen molar-refractivity contribution in [3.8, 4) is 0 Å². The van der Waals surface area contributed by atoms with Crippen LogP contribution < -0.4 is 15.1 Å². The van der Waals surface area contributed by atoms with Crippen LogP contribution >= 0.6 is 11.6 Å². The fraction of sp³-hybridized carbons (Fsp3) is 0.560. The van der Waals surface area contributed by atoms with E-state index in [1.807, 2.05) is 19.1 Å². The van der Waals surface area contributed by atoms with Crippen molar-refractivity contribution in [3.05, 3.63) is 46.7 Å². The first-order valence-corrected chi connectivity index (χ1v) is 12.4. The molecule has 0 saturated carbocycles. The molecule has 2 aliphatic heterocycles. The Labute approximate surface area is 202 Å². The van der Waals surface area contributed by atoms with E-state index in [2.05, 4.69) is 49.0 Å². The molecular formula is C25H35ClN6O. The summed E-state index contributed by atoms with van der Waals surface area (Å²) in [7, 11) is 0. The van der Waals surface area contributed by atoms with Crippen molar-refractivity contribution in [1.29, 1.82) is 0 Å². The van der Waals surface area contributed by atoms with E-state index in [9.17, 15) is 4.79 Å². The highest BCUT2D eigenvalue weighted by Gasteiger charge is 2.27. The molecule has 4 rings (SSSR count). The van der Waals surface area contributed by atoms with Crippen molar-refractivity contribution in [3.63, 3.8) is 0 Å². The molecule has 8 heteroatoms. The molecule has 7 nitrogen and oxygen atoms in total. The number of carbonyl (C=O) groups is 1. The number of nitrogens with one attached hydrogen (secondary N) is 1. The number of halogens is 1. The number of rotatable bonds is 7. The SMILES string of the molecule is Cc1ccnc(N2CCC[C@H](C(=O)NCCCN3CCN(c4cc(Cl)ccc4C)CC3)C2)n1. The second-order valence-corrected chi connectivity index (χ2v) is 9.62. The summed E-state index contributed by atoms with van der Waals surface area (Å²) in [6.45, 7) is 11.5. The van der Waals surface area contributed by atoms with Crippen molar-refractivity contribution < 1.29 is 4.79 Å². The van der Waals surface area contributed by atoms with Crippen LogP contribution in [0.3, 0.4) is 0 Å². The van der Waals surface area contributed by atoms with Gasteiger partial charge in [-0.1, -0.05) is 17.7 Å². The van der Waals surface area contributed by atoms with Gasteiger partial charge in [0, 0.05) is 68.4 Å². The molecule has 178 valence electrons. The van der Waals surface area contributed by atoms with E-state index in [1.54, 1.807) is 6.20 Å². The lowest BCUT2D eigenvalue weighted by atomic mass is 9.97. The van der Waals surface area contributed by atoms with Crippen LogP contribution in [0.4, 0.5) is 11.6 Å². The summed E-state index contributed by atoms with van der Waals surface area (Å²) in [6.07, 6.45) is 4.68. The van der Waals surface area contributed by atoms with Crippen LogP contribution in [-0.2, 0) is 4.79 Å². The average Bonchev–Trinajstić information content (AvgIpc) is 2.84. The Kier molecular flexibility index (Phi) is 8.04. The zero-order valence-electron chi connectivity index (χ0n) is 19.8. The third-order valence-corrected chi connectivity index (χ3v) is 6.93. The molecule has 0 aliphatic carbocycles. The normalized spacial score (nSPS) is 19.5. The minimum absolute atomic E-state index is 0.00680. The quantitative estimate of drug-likeness (QED) is 0.626. The van der Waals surface area contributed by atoms with Crippen LogP contribution in [-0.4, -0.2) is 73.1 Å². The Morgan fingerprint density at radius 1 is 1.12 bits per heavy atom. The second kappa shape index (κ2) is 11.2. The molecule has 3 heterocycles. The van der Waals surface area contributed by atoms with Gasteiger partial charge in [0.05, 0.1) is 5.92 Å². The lowest BCUT2D eigenvalue weighted by molar-refractivity contribution is -0.125. The topological polar surface area (TPSA) is 64.6 Å². The summed E-state index contributed by atoms with van der Waals surface area (Å²) in [6, 6.07) is 8.01. The van der Waals surface area contributed by atoms with Gasteiger partial charge in [-0.2, -0.15) is 0 Å². The van der Waals surface area contributed by atoms with Crippen molar-refractivity contribution in [2.24, 2.45) is 5.92 Å². The average molecular weight is 471 g/mol. The molecule has 1 aromatic heterocycles.